The number of benzene rings is 1. The second-order valence-electron chi connectivity index (χ2n) is 4.14. The Kier molecular flexibility index (Phi) is 4.27. The highest BCUT2D eigenvalue weighted by Gasteiger charge is 2.35. The summed E-state index contributed by atoms with van der Waals surface area (Å²) in [5, 5.41) is 8.96. The molecule has 1 aromatic heterocycles. The highest BCUT2D eigenvalue weighted by Crippen LogP contribution is 2.30. The van der Waals surface area contributed by atoms with Gasteiger partial charge in [0.25, 0.3) is 0 Å². The quantitative estimate of drug-likeness (QED) is 0.906. The molecular weight excluding hydrogens is 287 g/mol. The van der Waals surface area contributed by atoms with E-state index in [0.717, 1.165) is 6.07 Å². The van der Waals surface area contributed by atoms with E-state index < -0.39 is 12.0 Å². The predicted octanol–water partition coefficient (Wildman–Crippen LogP) is 2.40. The zero-order chi connectivity index (χ0) is 15.5. The molecule has 0 spiro atoms. The van der Waals surface area contributed by atoms with Crippen LogP contribution in [0.2, 0.25) is 0 Å². The molecule has 0 fully saturated rings. The fourth-order valence-corrected chi connectivity index (χ4v) is 1.66. The second-order valence-corrected chi connectivity index (χ2v) is 4.14. The van der Waals surface area contributed by atoms with Gasteiger partial charge >= 0.3 is 6.18 Å². The molecule has 5 nitrogen and oxygen atoms in total. The predicted molar refractivity (Wildman–Crippen MR) is 68.8 cm³/mol. The van der Waals surface area contributed by atoms with Crippen molar-refractivity contribution in [1.82, 2.24) is 9.97 Å². The van der Waals surface area contributed by atoms with Gasteiger partial charge in [0, 0.05) is 12.7 Å². The van der Waals surface area contributed by atoms with Crippen LogP contribution >= 0.6 is 0 Å². The van der Waals surface area contributed by atoms with Crippen molar-refractivity contribution in [2.45, 2.75) is 12.6 Å². The van der Waals surface area contributed by atoms with Crippen molar-refractivity contribution in [2.75, 3.05) is 12.3 Å². The number of halogens is 3. The van der Waals surface area contributed by atoms with Gasteiger partial charge in [-0.25, -0.2) is 4.98 Å². The van der Waals surface area contributed by atoms with Crippen LogP contribution < -0.4 is 10.5 Å². The minimum Gasteiger partial charge on any atom is -0.439 e. The van der Waals surface area contributed by atoms with E-state index in [1.54, 1.807) is 24.3 Å². The highest BCUT2D eigenvalue weighted by atomic mass is 19.4. The molecule has 21 heavy (non-hydrogen) atoms. The third kappa shape index (κ3) is 3.82. The van der Waals surface area contributed by atoms with Gasteiger partial charge in [0.2, 0.25) is 11.7 Å². The number of nitrogen functional groups attached to an aromatic ring is 1. The number of aromatic nitrogens is 2. The molecule has 0 aliphatic carbocycles. The van der Waals surface area contributed by atoms with Crippen LogP contribution in [0.5, 0.6) is 11.6 Å². The van der Waals surface area contributed by atoms with Gasteiger partial charge in [-0.2, -0.15) is 18.2 Å². The summed E-state index contributed by atoms with van der Waals surface area (Å²) in [4.78, 5) is 6.43. The van der Waals surface area contributed by atoms with E-state index in [1.165, 1.54) is 0 Å². The van der Waals surface area contributed by atoms with E-state index in [4.69, 9.17) is 15.6 Å². The number of hydrogen-bond acceptors (Lipinski definition) is 5. The topological polar surface area (TPSA) is 81.3 Å². The van der Waals surface area contributed by atoms with Gasteiger partial charge in [0.1, 0.15) is 11.6 Å². The number of aliphatic hydroxyl groups excluding tert-OH is 1. The van der Waals surface area contributed by atoms with Gasteiger partial charge in [0.05, 0.1) is 0 Å². The van der Waals surface area contributed by atoms with Gasteiger partial charge < -0.3 is 15.6 Å². The molecule has 0 unspecified atom stereocenters. The lowest BCUT2D eigenvalue weighted by atomic mass is 10.1. The highest BCUT2D eigenvalue weighted by molar-refractivity contribution is 5.39. The fraction of sp³-hybridized carbons (Fsp3) is 0.231. The molecule has 3 N–H and O–H groups in total. The normalized spacial score (nSPS) is 11.4. The Bertz CT molecular complexity index is 632. The van der Waals surface area contributed by atoms with Crippen LogP contribution in [0, 0.1) is 0 Å². The number of ether oxygens (including phenoxy) is 1. The molecule has 0 aliphatic rings. The summed E-state index contributed by atoms with van der Waals surface area (Å²) in [6.45, 7) is -0.111. The molecule has 0 saturated heterocycles. The molecule has 0 saturated carbocycles. The maximum atomic E-state index is 12.6. The Morgan fingerprint density at radius 3 is 2.57 bits per heavy atom. The molecule has 1 heterocycles. The molecule has 112 valence electrons. The van der Waals surface area contributed by atoms with Gasteiger partial charge in [-0.1, -0.05) is 18.2 Å². The maximum absolute atomic E-state index is 12.6. The molecule has 0 amide bonds. The molecule has 2 rings (SSSR count). The number of hydrogen-bond donors (Lipinski definition) is 2. The minimum atomic E-state index is -4.71. The van der Waals surface area contributed by atoms with Crippen LogP contribution in [-0.2, 0) is 12.6 Å². The van der Waals surface area contributed by atoms with Crippen molar-refractivity contribution in [3.63, 3.8) is 0 Å². The molecule has 1 aromatic carbocycles. The Hall–Kier alpha value is -2.35. The number of para-hydroxylation sites is 1. The van der Waals surface area contributed by atoms with Crippen molar-refractivity contribution >= 4 is 5.82 Å². The van der Waals surface area contributed by atoms with Crippen LogP contribution in [0.3, 0.4) is 0 Å². The smallest absolute Gasteiger partial charge is 0.439 e. The van der Waals surface area contributed by atoms with E-state index >= 15 is 0 Å². The molecular formula is C13H12F3N3O2. The fourth-order valence-electron chi connectivity index (χ4n) is 1.66. The largest absolute Gasteiger partial charge is 0.451 e. The van der Waals surface area contributed by atoms with Gasteiger partial charge in [-0.05, 0) is 18.1 Å². The van der Waals surface area contributed by atoms with Crippen LogP contribution in [0.25, 0.3) is 0 Å². The van der Waals surface area contributed by atoms with E-state index in [-0.39, 0.29) is 18.3 Å². The maximum Gasteiger partial charge on any atom is 0.451 e. The van der Waals surface area contributed by atoms with Crippen molar-refractivity contribution in [2.24, 2.45) is 0 Å². The Labute approximate surface area is 118 Å². The van der Waals surface area contributed by atoms with Crippen molar-refractivity contribution < 1.29 is 23.0 Å². The summed E-state index contributed by atoms with van der Waals surface area (Å²) in [6.07, 6.45) is -4.40. The lowest BCUT2D eigenvalue weighted by Gasteiger charge is -2.11. The number of rotatable bonds is 4. The van der Waals surface area contributed by atoms with Gasteiger partial charge in [0.15, 0.2) is 0 Å². The number of anilines is 1. The van der Waals surface area contributed by atoms with Crippen molar-refractivity contribution in [1.29, 1.82) is 0 Å². The zero-order valence-corrected chi connectivity index (χ0v) is 10.8. The summed E-state index contributed by atoms with van der Waals surface area (Å²) >= 11 is 0. The monoisotopic (exact) mass is 299 g/mol. The molecule has 0 radical (unpaired) electrons. The zero-order valence-electron chi connectivity index (χ0n) is 10.8. The average molecular weight is 299 g/mol. The van der Waals surface area contributed by atoms with Crippen LogP contribution in [0.1, 0.15) is 11.4 Å². The average Bonchev–Trinajstić information content (AvgIpc) is 2.40. The third-order valence-electron chi connectivity index (χ3n) is 2.54. The van der Waals surface area contributed by atoms with Crippen LogP contribution in [0.15, 0.2) is 30.3 Å². The Morgan fingerprint density at radius 2 is 1.90 bits per heavy atom. The summed E-state index contributed by atoms with van der Waals surface area (Å²) in [5.41, 5.74) is 5.98. The summed E-state index contributed by atoms with van der Waals surface area (Å²) in [6, 6.07) is 7.75. The van der Waals surface area contributed by atoms with Gasteiger partial charge in [-0.3, -0.25) is 0 Å². The second kappa shape index (κ2) is 5.96. The first-order chi connectivity index (χ1) is 9.90. The number of aliphatic hydroxyl groups is 1. The van der Waals surface area contributed by atoms with E-state index in [9.17, 15) is 13.2 Å². The van der Waals surface area contributed by atoms with Crippen LogP contribution in [-0.4, -0.2) is 21.7 Å². The molecule has 8 heteroatoms. The summed E-state index contributed by atoms with van der Waals surface area (Å²) in [5.74, 6) is -1.71. The Balaban J connectivity index is 2.34. The van der Waals surface area contributed by atoms with Crippen molar-refractivity contribution in [3.8, 4) is 11.6 Å². The van der Waals surface area contributed by atoms with E-state index in [1.807, 2.05) is 0 Å². The van der Waals surface area contributed by atoms with E-state index in [2.05, 4.69) is 9.97 Å². The Morgan fingerprint density at radius 1 is 1.19 bits per heavy atom. The lowest BCUT2D eigenvalue weighted by molar-refractivity contribution is -0.145. The SMILES string of the molecule is Nc1cc(Oc2ccccc2CCO)nc(C(F)(F)F)n1. The molecule has 0 atom stereocenters. The lowest BCUT2D eigenvalue weighted by Crippen LogP contribution is -2.13. The third-order valence-corrected chi connectivity index (χ3v) is 2.54. The summed E-state index contributed by atoms with van der Waals surface area (Å²) < 4.78 is 43.2. The number of nitrogens with two attached hydrogens (primary N) is 1. The summed E-state index contributed by atoms with van der Waals surface area (Å²) in [7, 11) is 0. The first-order valence-corrected chi connectivity index (χ1v) is 5.98. The molecule has 0 aliphatic heterocycles. The van der Waals surface area contributed by atoms with Gasteiger partial charge in [-0.15, -0.1) is 0 Å². The van der Waals surface area contributed by atoms with E-state index in [0.29, 0.717) is 17.7 Å². The minimum absolute atomic E-state index is 0.111. The first kappa shape index (κ1) is 15.0. The standard InChI is InChI=1S/C13H12F3N3O2/c14-13(15,16)12-18-10(17)7-11(19-12)21-9-4-2-1-3-8(9)5-6-20/h1-4,7,20H,5-6H2,(H2,17,18,19). The van der Waals surface area contributed by atoms with Crippen LogP contribution in [0.4, 0.5) is 19.0 Å². The van der Waals surface area contributed by atoms with Crippen molar-refractivity contribution in [3.05, 3.63) is 41.7 Å². The molecule has 0 bridgehead atoms. The number of alkyl halides is 3. The first-order valence-electron chi connectivity index (χ1n) is 5.98. The molecule has 2 aromatic rings. The number of nitrogens with zero attached hydrogens (tertiary/aromatic N) is 2.